The van der Waals surface area contributed by atoms with E-state index in [-0.39, 0.29) is 5.91 Å². The molecule has 1 fully saturated rings. The number of hydrogen-bond donors (Lipinski definition) is 3. The molecule has 0 unspecified atom stereocenters. The van der Waals surface area contributed by atoms with Crippen molar-refractivity contribution in [3.05, 3.63) is 65.0 Å². The van der Waals surface area contributed by atoms with Crippen LogP contribution in [0, 0.1) is 6.92 Å². The predicted octanol–water partition coefficient (Wildman–Crippen LogP) is 1.89. The Morgan fingerprint density at radius 3 is 2.88 bits per heavy atom. The van der Waals surface area contributed by atoms with E-state index in [1.807, 2.05) is 19.1 Å². The van der Waals surface area contributed by atoms with Gasteiger partial charge in [-0.1, -0.05) is 11.3 Å². The Hall–Kier alpha value is -3.66. The van der Waals surface area contributed by atoms with Crippen LogP contribution in [0.1, 0.15) is 51.9 Å². The maximum absolute atomic E-state index is 12.3. The van der Waals surface area contributed by atoms with Crippen LogP contribution in [0.15, 0.2) is 36.7 Å². The van der Waals surface area contributed by atoms with Gasteiger partial charge in [-0.15, -0.1) is 10.2 Å². The Balaban J connectivity index is 1.07. The van der Waals surface area contributed by atoms with Crippen LogP contribution in [0.4, 0.5) is 0 Å². The van der Waals surface area contributed by atoms with E-state index < -0.39 is 0 Å². The topological polar surface area (TPSA) is 126 Å². The van der Waals surface area contributed by atoms with E-state index in [0.717, 1.165) is 60.3 Å². The molecule has 170 valence electrons. The molecule has 5 heterocycles. The molecule has 0 aliphatic carbocycles. The first-order valence-electron chi connectivity index (χ1n) is 11.3. The summed E-state index contributed by atoms with van der Waals surface area (Å²) in [7, 11) is 0. The Kier molecular flexibility index (Phi) is 6.07. The summed E-state index contributed by atoms with van der Waals surface area (Å²) in [6.07, 6.45) is 6.15. The molecule has 3 N–H and O–H groups in total. The highest BCUT2D eigenvalue weighted by Gasteiger charge is 2.21. The number of rotatable bonds is 9. The van der Waals surface area contributed by atoms with Crippen LogP contribution in [0.3, 0.4) is 0 Å². The smallest absolute Gasteiger partial charge is 0.273 e. The maximum Gasteiger partial charge on any atom is 0.273 e. The van der Waals surface area contributed by atoms with Gasteiger partial charge in [0.15, 0.2) is 11.3 Å². The van der Waals surface area contributed by atoms with Crippen molar-refractivity contribution in [2.75, 3.05) is 13.1 Å². The van der Waals surface area contributed by atoms with Crippen molar-refractivity contribution >= 4 is 16.9 Å². The molecule has 33 heavy (non-hydrogen) atoms. The second-order valence-corrected chi connectivity index (χ2v) is 8.53. The fraction of sp³-hybridized carbons (Fsp3) is 0.391. The number of fused-ring (bicyclic) bond motifs is 1. The van der Waals surface area contributed by atoms with Crippen molar-refractivity contribution in [1.82, 2.24) is 45.8 Å². The van der Waals surface area contributed by atoms with Crippen LogP contribution in [-0.2, 0) is 19.5 Å². The zero-order chi connectivity index (χ0) is 22.6. The SMILES string of the molecule is Cc1ccc(CNC(=O)c2cn(CCCCc3cc4cc(C5CNC5)[nH]c4nn3)nn2)cn1. The molecular weight excluding hydrogens is 418 g/mol. The van der Waals surface area contributed by atoms with Gasteiger partial charge in [-0.05, 0) is 49.9 Å². The lowest BCUT2D eigenvalue weighted by Crippen LogP contribution is -2.40. The van der Waals surface area contributed by atoms with Gasteiger partial charge in [0.25, 0.3) is 5.91 Å². The molecule has 0 spiro atoms. The van der Waals surface area contributed by atoms with Crippen LogP contribution >= 0.6 is 0 Å². The minimum atomic E-state index is -0.242. The number of amides is 1. The lowest BCUT2D eigenvalue weighted by atomic mass is 9.99. The summed E-state index contributed by atoms with van der Waals surface area (Å²) in [5, 5.41) is 24.0. The molecule has 5 rings (SSSR count). The van der Waals surface area contributed by atoms with Crippen LogP contribution in [0.25, 0.3) is 11.0 Å². The normalized spacial score (nSPS) is 13.8. The number of unbranched alkanes of at least 4 members (excludes halogenated alkanes) is 1. The summed E-state index contributed by atoms with van der Waals surface area (Å²) in [5.41, 5.74) is 5.28. The third-order valence-electron chi connectivity index (χ3n) is 5.94. The number of aromatic amines is 1. The Morgan fingerprint density at radius 2 is 2.09 bits per heavy atom. The van der Waals surface area contributed by atoms with Crippen molar-refractivity contribution in [3.63, 3.8) is 0 Å². The standard InChI is InChI=1S/C23H27N9O/c1-15-5-6-16(10-25-15)11-26-23(33)21-14-32(31-29-21)7-3-2-4-19-8-17-9-20(18-12-24-13-18)27-22(17)30-28-19/h5-6,8-10,14,18,24H,2-4,7,11-13H2,1H3,(H,26,33)(H,27,30). The Bertz CT molecular complexity index is 1240. The maximum atomic E-state index is 12.3. The molecule has 10 nitrogen and oxygen atoms in total. The fourth-order valence-electron chi connectivity index (χ4n) is 3.81. The third kappa shape index (κ3) is 5.06. The fourth-order valence-corrected chi connectivity index (χ4v) is 3.81. The van der Waals surface area contributed by atoms with Gasteiger partial charge < -0.3 is 15.6 Å². The van der Waals surface area contributed by atoms with Gasteiger partial charge in [0.2, 0.25) is 0 Å². The van der Waals surface area contributed by atoms with Gasteiger partial charge in [0, 0.05) is 55.1 Å². The van der Waals surface area contributed by atoms with E-state index in [9.17, 15) is 4.79 Å². The average molecular weight is 446 g/mol. The number of nitrogens with one attached hydrogen (secondary N) is 3. The molecule has 4 aromatic rings. The van der Waals surface area contributed by atoms with Gasteiger partial charge in [-0.25, -0.2) is 0 Å². The molecule has 1 aliphatic rings. The molecule has 0 aromatic carbocycles. The molecular formula is C23H27N9O. The summed E-state index contributed by atoms with van der Waals surface area (Å²) in [6, 6.07) is 8.18. The monoisotopic (exact) mass is 445 g/mol. The van der Waals surface area contributed by atoms with Crippen molar-refractivity contribution in [2.45, 2.75) is 45.2 Å². The molecule has 0 atom stereocenters. The van der Waals surface area contributed by atoms with E-state index in [2.05, 4.69) is 53.2 Å². The lowest BCUT2D eigenvalue weighted by Gasteiger charge is -2.25. The number of nitrogens with zero attached hydrogens (tertiary/aromatic N) is 6. The summed E-state index contributed by atoms with van der Waals surface area (Å²) in [6.45, 7) is 5.06. The second-order valence-electron chi connectivity index (χ2n) is 8.53. The van der Waals surface area contributed by atoms with E-state index in [1.54, 1.807) is 17.1 Å². The molecule has 0 saturated carbocycles. The van der Waals surface area contributed by atoms with E-state index >= 15 is 0 Å². The minimum Gasteiger partial charge on any atom is -0.346 e. The van der Waals surface area contributed by atoms with Crippen molar-refractivity contribution < 1.29 is 4.79 Å². The van der Waals surface area contributed by atoms with Crippen LogP contribution in [0.5, 0.6) is 0 Å². The number of pyridine rings is 1. The first-order chi connectivity index (χ1) is 16.1. The quantitative estimate of drug-likeness (QED) is 0.336. The number of carbonyl (C=O) groups excluding carboxylic acids is 1. The molecule has 1 saturated heterocycles. The number of H-pyrrole nitrogens is 1. The Morgan fingerprint density at radius 1 is 1.18 bits per heavy atom. The summed E-state index contributed by atoms with van der Waals surface area (Å²) in [4.78, 5) is 19.9. The molecule has 4 aromatic heterocycles. The summed E-state index contributed by atoms with van der Waals surface area (Å²) < 4.78 is 1.71. The van der Waals surface area contributed by atoms with Gasteiger partial charge in [0.05, 0.1) is 11.9 Å². The van der Waals surface area contributed by atoms with Gasteiger partial charge in [0.1, 0.15) is 0 Å². The molecule has 10 heteroatoms. The highest BCUT2D eigenvalue weighted by atomic mass is 16.2. The van der Waals surface area contributed by atoms with Gasteiger partial charge >= 0.3 is 0 Å². The first kappa shape index (κ1) is 21.2. The summed E-state index contributed by atoms with van der Waals surface area (Å²) >= 11 is 0. The largest absolute Gasteiger partial charge is 0.346 e. The first-order valence-corrected chi connectivity index (χ1v) is 11.3. The highest BCUT2D eigenvalue weighted by molar-refractivity contribution is 5.91. The molecule has 0 bridgehead atoms. The Labute approximate surface area is 191 Å². The van der Waals surface area contributed by atoms with Crippen molar-refractivity contribution in [3.8, 4) is 0 Å². The predicted molar refractivity (Wildman–Crippen MR) is 123 cm³/mol. The number of aromatic nitrogens is 7. The molecule has 0 radical (unpaired) electrons. The second kappa shape index (κ2) is 9.45. The molecule has 1 aliphatic heterocycles. The minimum absolute atomic E-state index is 0.242. The van der Waals surface area contributed by atoms with E-state index in [4.69, 9.17) is 0 Å². The van der Waals surface area contributed by atoms with Crippen molar-refractivity contribution in [2.24, 2.45) is 0 Å². The number of carbonyl (C=O) groups is 1. The number of aryl methyl sites for hydroxylation is 3. The molecule has 1 amide bonds. The third-order valence-corrected chi connectivity index (χ3v) is 5.94. The van der Waals surface area contributed by atoms with Gasteiger partial charge in [-0.3, -0.25) is 14.5 Å². The van der Waals surface area contributed by atoms with Crippen LogP contribution in [-0.4, -0.2) is 54.2 Å². The highest BCUT2D eigenvalue weighted by Crippen LogP contribution is 2.23. The zero-order valence-corrected chi connectivity index (χ0v) is 18.6. The zero-order valence-electron chi connectivity index (χ0n) is 18.6. The average Bonchev–Trinajstić information content (AvgIpc) is 3.41. The van der Waals surface area contributed by atoms with Crippen molar-refractivity contribution in [1.29, 1.82) is 0 Å². The van der Waals surface area contributed by atoms with E-state index in [0.29, 0.717) is 24.7 Å². The number of hydrogen-bond acceptors (Lipinski definition) is 7. The summed E-state index contributed by atoms with van der Waals surface area (Å²) in [5.74, 6) is 0.311. The van der Waals surface area contributed by atoms with Crippen LogP contribution < -0.4 is 10.6 Å². The van der Waals surface area contributed by atoms with Gasteiger partial charge in [-0.2, -0.15) is 5.10 Å². The lowest BCUT2D eigenvalue weighted by molar-refractivity contribution is 0.0946. The van der Waals surface area contributed by atoms with E-state index in [1.165, 1.54) is 5.69 Å². The van der Waals surface area contributed by atoms with Crippen LogP contribution in [0.2, 0.25) is 0 Å².